The van der Waals surface area contributed by atoms with E-state index in [1.54, 1.807) is 33.4 Å². The van der Waals surface area contributed by atoms with Gasteiger partial charge in [0.05, 0.1) is 14.2 Å². The maximum absolute atomic E-state index is 12.7. The number of ether oxygens (including phenoxy) is 2. The molecule has 1 amide bonds. The van der Waals surface area contributed by atoms with E-state index < -0.39 is 0 Å². The summed E-state index contributed by atoms with van der Waals surface area (Å²) in [7, 11) is 4.92. The first-order valence-electron chi connectivity index (χ1n) is 11.4. The van der Waals surface area contributed by atoms with Gasteiger partial charge >= 0.3 is 5.69 Å². The van der Waals surface area contributed by atoms with Crippen LogP contribution in [0.1, 0.15) is 61.9 Å². The van der Waals surface area contributed by atoms with Crippen LogP contribution in [0.5, 0.6) is 11.5 Å². The molecule has 0 N–H and O–H groups in total. The molecule has 0 unspecified atom stereocenters. The smallest absolute Gasteiger partial charge is 0.345 e. The van der Waals surface area contributed by atoms with Gasteiger partial charge in [0.15, 0.2) is 11.5 Å². The van der Waals surface area contributed by atoms with Crippen molar-refractivity contribution in [3.05, 3.63) is 46.1 Å². The van der Waals surface area contributed by atoms with Gasteiger partial charge in [0.1, 0.15) is 5.82 Å². The molecule has 4 rings (SSSR count). The van der Waals surface area contributed by atoms with Gasteiger partial charge in [0.2, 0.25) is 5.91 Å². The minimum Gasteiger partial charge on any atom is -0.493 e. The van der Waals surface area contributed by atoms with Crippen LogP contribution in [0.25, 0.3) is 6.08 Å². The molecule has 1 saturated heterocycles. The van der Waals surface area contributed by atoms with E-state index in [2.05, 4.69) is 5.10 Å². The van der Waals surface area contributed by atoms with Crippen molar-refractivity contribution in [2.75, 3.05) is 27.3 Å². The van der Waals surface area contributed by atoms with Crippen LogP contribution in [0.4, 0.5) is 0 Å². The lowest BCUT2D eigenvalue weighted by Crippen LogP contribution is -2.38. The van der Waals surface area contributed by atoms with E-state index in [0.29, 0.717) is 24.6 Å². The molecule has 1 aromatic carbocycles. The van der Waals surface area contributed by atoms with Gasteiger partial charge in [-0.15, -0.1) is 0 Å². The molecule has 2 aromatic rings. The maximum atomic E-state index is 12.7. The number of carbonyl (C=O) groups excluding carboxylic acids is 1. The molecule has 8 nitrogen and oxygen atoms in total. The predicted molar refractivity (Wildman–Crippen MR) is 122 cm³/mol. The number of benzene rings is 1. The van der Waals surface area contributed by atoms with Crippen molar-refractivity contribution in [2.24, 2.45) is 7.05 Å². The van der Waals surface area contributed by atoms with Crippen LogP contribution in [0.3, 0.4) is 0 Å². The van der Waals surface area contributed by atoms with Gasteiger partial charge in [0.25, 0.3) is 0 Å². The second-order valence-corrected chi connectivity index (χ2v) is 8.62. The molecule has 1 aliphatic carbocycles. The third-order valence-corrected chi connectivity index (χ3v) is 6.67. The van der Waals surface area contributed by atoms with Crippen LogP contribution in [0, 0.1) is 0 Å². The van der Waals surface area contributed by atoms with Crippen molar-refractivity contribution in [3.8, 4) is 11.5 Å². The summed E-state index contributed by atoms with van der Waals surface area (Å²) in [6.45, 7) is 1.32. The molecular formula is C24H32N4O4. The summed E-state index contributed by atoms with van der Waals surface area (Å²) in [5.41, 5.74) is 0.864. The Morgan fingerprint density at radius 2 is 1.75 bits per heavy atom. The summed E-state index contributed by atoms with van der Waals surface area (Å²) in [6, 6.07) is 5.83. The Morgan fingerprint density at radius 3 is 2.41 bits per heavy atom. The topological polar surface area (TPSA) is 78.6 Å². The van der Waals surface area contributed by atoms with Gasteiger partial charge < -0.3 is 14.4 Å². The lowest BCUT2D eigenvalue weighted by Gasteiger charge is -2.31. The number of aryl methyl sites for hydroxylation is 1. The van der Waals surface area contributed by atoms with Gasteiger partial charge in [-0.3, -0.25) is 9.36 Å². The van der Waals surface area contributed by atoms with Gasteiger partial charge in [-0.1, -0.05) is 18.9 Å². The van der Waals surface area contributed by atoms with Crippen LogP contribution < -0.4 is 15.2 Å². The molecule has 0 atom stereocenters. The second kappa shape index (κ2) is 9.63. The fourth-order valence-corrected chi connectivity index (χ4v) is 4.87. The van der Waals surface area contributed by atoms with Crippen molar-refractivity contribution >= 4 is 12.0 Å². The van der Waals surface area contributed by atoms with Crippen molar-refractivity contribution < 1.29 is 14.3 Å². The number of hydrogen-bond donors (Lipinski definition) is 0. The van der Waals surface area contributed by atoms with E-state index in [1.807, 2.05) is 27.7 Å². The summed E-state index contributed by atoms with van der Waals surface area (Å²) < 4.78 is 14.0. The number of piperidine rings is 1. The summed E-state index contributed by atoms with van der Waals surface area (Å²) in [6.07, 6.45) is 9.49. The molecule has 1 aromatic heterocycles. The van der Waals surface area contributed by atoms with Crippen LogP contribution in [0.15, 0.2) is 29.1 Å². The molecule has 2 heterocycles. The highest BCUT2D eigenvalue weighted by atomic mass is 16.5. The Bertz CT molecular complexity index is 1040. The van der Waals surface area contributed by atoms with Crippen LogP contribution >= 0.6 is 0 Å². The molecule has 8 heteroatoms. The summed E-state index contributed by atoms with van der Waals surface area (Å²) in [5, 5.41) is 4.58. The summed E-state index contributed by atoms with van der Waals surface area (Å²) in [5.74, 6) is 2.39. The van der Waals surface area contributed by atoms with Gasteiger partial charge in [-0.2, -0.15) is 5.10 Å². The summed E-state index contributed by atoms with van der Waals surface area (Å²) in [4.78, 5) is 27.3. The minimum atomic E-state index is -0.0109. The quantitative estimate of drug-likeness (QED) is 0.645. The molecule has 1 aliphatic heterocycles. The first-order valence-corrected chi connectivity index (χ1v) is 11.4. The Hall–Kier alpha value is -3.03. The zero-order chi connectivity index (χ0) is 22.7. The van der Waals surface area contributed by atoms with Crippen molar-refractivity contribution in [3.63, 3.8) is 0 Å². The third-order valence-electron chi connectivity index (χ3n) is 6.67. The zero-order valence-corrected chi connectivity index (χ0v) is 19.1. The Morgan fingerprint density at radius 1 is 1.06 bits per heavy atom. The molecule has 172 valence electrons. The second-order valence-electron chi connectivity index (χ2n) is 8.62. The first-order chi connectivity index (χ1) is 15.5. The average Bonchev–Trinajstić information content (AvgIpc) is 3.45. The Kier molecular flexibility index (Phi) is 6.67. The number of methoxy groups -OCH3 is 2. The van der Waals surface area contributed by atoms with Gasteiger partial charge in [0, 0.05) is 38.2 Å². The number of likely N-dealkylation sites (tertiary alicyclic amines) is 1. The van der Waals surface area contributed by atoms with E-state index >= 15 is 0 Å². The highest BCUT2D eigenvalue weighted by Crippen LogP contribution is 2.33. The highest BCUT2D eigenvalue weighted by molar-refractivity contribution is 5.92. The summed E-state index contributed by atoms with van der Waals surface area (Å²) >= 11 is 0. The number of amides is 1. The predicted octanol–water partition coefficient (Wildman–Crippen LogP) is 3.13. The molecule has 2 aliphatic rings. The Balaban J connectivity index is 1.40. The van der Waals surface area contributed by atoms with E-state index in [4.69, 9.17) is 9.47 Å². The van der Waals surface area contributed by atoms with E-state index in [0.717, 1.165) is 37.1 Å². The van der Waals surface area contributed by atoms with Crippen LogP contribution in [0.2, 0.25) is 0 Å². The van der Waals surface area contributed by atoms with Crippen molar-refractivity contribution in [1.82, 2.24) is 19.2 Å². The standard InChI is InChI=1S/C24H32N4O4/c1-26-24(30)28(19-6-4-5-7-19)23(25-26)18-12-14-27(15-13-18)22(29)11-9-17-8-10-20(31-2)21(16-17)32-3/h8-11,16,18-19H,4-7,12-15H2,1-3H3/b11-9+. The third kappa shape index (κ3) is 4.45. The normalized spacial score (nSPS) is 17.9. The van der Waals surface area contributed by atoms with Crippen LogP contribution in [-0.4, -0.2) is 52.5 Å². The molecule has 0 bridgehead atoms. The lowest BCUT2D eigenvalue weighted by molar-refractivity contribution is -0.127. The number of hydrogen-bond acceptors (Lipinski definition) is 5. The molecule has 0 radical (unpaired) electrons. The van der Waals surface area contributed by atoms with Gasteiger partial charge in [-0.05, 0) is 49.5 Å². The first kappa shape index (κ1) is 22.2. The molecule has 0 spiro atoms. The zero-order valence-electron chi connectivity index (χ0n) is 19.1. The number of nitrogens with zero attached hydrogens (tertiary/aromatic N) is 4. The number of rotatable bonds is 6. The van der Waals surface area contributed by atoms with Crippen molar-refractivity contribution in [1.29, 1.82) is 0 Å². The molecule has 2 fully saturated rings. The number of carbonyl (C=O) groups is 1. The lowest BCUT2D eigenvalue weighted by atomic mass is 9.95. The molecule has 32 heavy (non-hydrogen) atoms. The van der Waals surface area contributed by atoms with E-state index in [9.17, 15) is 9.59 Å². The molecular weight excluding hydrogens is 408 g/mol. The fourth-order valence-electron chi connectivity index (χ4n) is 4.87. The molecule has 1 saturated carbocycles. The number of aromatic nitrogens is 3. The van der Waals surface area contributed by atoms with Gasteiger partial charge in [-0.25, -0.2) is 9.48 Å². The largest absolute Gasteiger partial charge is 0.493 e. The van der Waals surface area contributed by atoms with E-state index in [1.165, 1.54) is 17.5 Å². The maximum Gasteiger partial charge on any atom is 0.345 e. The van der Waals surface area contributed by atoms with E-state index in [-0.39, 0.29) is 23.6 Å². The van der Waals surface area contributed by atoms with Crippen LogP contribution in [-0.2, 0) is 11.8 Å². The Labute approximate surface area is 188 Å². The van der Waals surface area contributed by atoms with Crippen molar-refractivity contribution in [2.45, 2.75) is 50.5 Å². The SMILES string of the molecule is COc1ccc(/C=C/C(=O)N2CCC(c3nn(C)c(=O)n3C3CCCC3)CC2)cc1OC. The monoisotopic (exact) mass is 440 g/mol. The highest BCUT2D eigenvalue weighted by Gasteiger charge is 2.31. The average molecular weight is 441 g/mol. The fraction of sp³-hybridized carbons (Fsp3) is 0.542. The minimum absolute atomic E-state index is 0.00700.